The standard InChI is InChI=1S/C20H24N4O3/c1-2-14-27-16-8-6-15(7-9-16)19-21-20(26)17(22-23-19)10-11-18(25)24-12-4-3-5-13-24/h2,6-9H,1,3-5,10-14H2,(H,21,23,26). The number of piperidine rings is 1. The van der Waals surface area contributed by atoms with Crippen molar-refractivity contribution in [3.8, 4) is 17.1 Å². The predicted octanol–water partition coefficient (Wildman–Crippen LogP) is 2.34. The van der Waals surface area contributed by atoms with E-state index in [2.05, 4.69) is 21.8 Å². The third-order valence-electron chi connectivity index (χ3n) is 4.54. The third kappa shape index (κ3) is 5.03. The van der Waals surface area contributed by atoms with Gasteiger partial charge in [-0.1, -0.05) is 12.7 Å². The highest BCUT2D eigenvalue weighted by molar-refractivity contribution is 5.76. The largest absolute Gasteiger partial charge is 0.490 e. The van der Waals surface area contributed by atoms with E-state index in [1.165, 1.54) is 6.42 Å². The highest BCUT2D eigenvalue weighted by Gasteiger charge is 2.17. The lowest BCUT2D eigenvalue weighted by molar-refractivity contribution is -0.132. The highest BCUT2D eigenvalue weighted by Crippen LogP contribution is 2.18. The average Bonchev–Trinajstić information content (AvgIpc) is 2.72. The Labute approximate surface area is 158 Å². The fraction of sp³-hybridized carbons (Fsp3) is 0.400. The monoisotopic (exact) mass is 368 g/mol. The Kier molecular flexibility index (Phi) is 6.35. The van der Waals surface area contributed by atoms with Crippen LogP contribution >= 0.6 is 0 Å². The van der Waals surface area contributed by atoms with E-state index in [9.17, 15) is 9.59 Å². The number of hydrogen-bond acceptors (Lipinski definition) is 5. The Morgan fingerprint density at radius 2 is 1.93 bits per heavy atom. The second-order valence-electron chi connectivity index (χ2n) is 6.51. The van der Waals surface area contributed by atoms with Crippen molar-refractivity contribution in [3.63, 3.8) is 0 Å². The first kappa shape index (κ1) is 18.8. The van der Waals surface area contributed by atoms with Crippen molar-refractivity contribution in [2.45, 2.75) is 32.1 Å². The summed E-state index contributed by atoms with van der Waals surface area (Å²) in [5, 5.41) is 8.14. The number of nitrogens with zero attached hydrogens (tertiary/aromatic N) is 3. The molecule has 0 aliphatic carbocycles. The predicted molar refractivity (Wildman–Crippen MR) is 103 cm³/mol. The molecule has 1 aliphatic heterocycles. The molecule has 1 aromatic carbocycles. The van der Waals surface area contributed by atoms with Gasteiger partial charge in [0.25, 0.3) is 5.56 Å². The number of H-pyrrole nitrogens is 1. The van der Waals surface area contributed by atoms with E-state index < -0.39 is 0 Å². The molecule has 0 spiro atoms. The van der Waals surface area contributed by atoms with Crippen LogP contribution in [0.5, 0.6) is 5.75 Å². The number of carbonyl (C=O) groups excluding carboxylic acids is 1. The van der Waals surface area contributed by atoms with Gasteiger partial charge < -0.3 is 14.6 Å². The molecule has 3 rings (SSSR count). The van der Waals surface area contributed by atoms with Crippen LogP contribution < -0.4 is 10.3 Å². The van der Waals surface area contributed by atoms with Crippen LogP contribution in [-0.2, 0) is 11.2 Å². The van der Waals surface area contributed by atoms with E-state index in [1.807, 2.05) is 4.90 Å². The zero-order valence-electron chi connectivity index (χ0n) is 15.3. The Bertz CT molecular complexity index is 839. The number of aromatic amines is 1. The van der Waals surface area contributed by atoms with Gasteiger partial charge in [-0.2, -0.15) is 0 Å². The molecule has 1 saturated heterocycles. The summed E-state index contributed by atoms with van der Waals surface area (Å²) < 4.78 is 5.43. The normalized spacial score (nSPS) is 14.0. The third-order valence-corrected chi connectivity index (χ3v) is 4.54. The lowest BCUT2D eigenvalue weighted by atomic mass is 10.1. The molecule has 27 heavy (non-hydrogen) atoms. The maximum Gasteiger partial charge on any atom is 0.273 e. The number of carbonyl (C=O) groups is 1. The summed E-state index contributed by atoms with van der Waals surface area (Å²) >= 11 is 0. The van der Waals surface area contributed by atoms with Crippen LogP contribution in [0.25, 0.3) is 11.4 Å². The van der Waals surface area contributed by atoms with E-state index in [0.29, 0.717) is 24.6 Å². The van der Waals surface area contributed by atoms with Gasteiger partial charge in [0.2, 0.25) is 5.91 Å². The molecule has 0 radical (unpaired) electrons. The summed E-state index contributed by atoms with van der Waals surface area (Å²) in [7, 11) is 0. The molecule has 1 aromatic heterocycles. The Morgan fingerprint density at radius 1 is 1.19 bits per heavy atom. The number of ether oxygens (including phenoxy) is 1. The molecule has 0 atom stereocenters. The number of benzene rings is 1. The quantitative estimate of drug-likeness (QED) is 0.758. The highest BCUT2D eigenvalue weighted by atomic mass is 16.5. The maximum absolute atomic E-state index is 12.3. The molecule has 7 heteroatoms. The van der Waals surface area contributed by atoms with E-state index in [4.69, 9.17) is 4.74 Å². The zero-order chi connectivity index (χ0) is 19.1. The molecule has 2 aromatic rings. The van der Waals surface area contributed by atoms with Crippen LogP contribution in [-0.4, -0.2) is 45.7 Å². The van der Waals surface area contributed by atoms with Crippen LogP contribution in [0.1, 0.15) is 31.4 Å². The summed E-state index contributed by atoms with van der Waals surface area (Å²) in [6.07, 6.45) is 5.54. The number of amides is 1. The van der Waals surface area contributed by atoms with E-state index in [0.717, 1.165) is 31.5 Å². The summed E-state index contributed by atoms with van der Waals surface area (Å²) in [6.45, 7) is 5.66. The molecule has 1 N–H and O–H groups in total. The Balaban J connectivity index is 1.62. The van der Waals surface area contributed by atoms with Gasteiger partial charge in [-0.15, -0.1) is 10.2 Å². The molecule has 1 aliphatic rings. The summed E-state index contributed by atoms with van der Waals surface area (Å²) in [4.78, 5) is 29.1. The van der Waals surface area contributed by atoms with E-state index in [-0.39, 0.29) is 23.6 Å². The lowest BCUT2D eigenvalue weighted by Gasteiger charge is -2.26. The minimum Gasteiger partial charge on any atom is -0.490 e. The first-order valence-electron chi connectivity index (χ1n) is 9.25. The molecule has 7 nitrogen and oxygen atoms in total. The topological polar surface area (TPSA) is 88.2 Å². The molecular weight excluding hydrogens is 344 g/mol. The summed E-state index contributed by atoms with van der Waals surface area (Å²) in [5.41, 5.74) is 0.718. The summed E-state index contributed by atoms with van der Waals surface area (Å²) in [6, 6.07) is 7.20. The van der Waals surface area contributed by atoms with Crippen molar-refractivity contribution < 1.29 is 9.53 Å². The van der Waals surface area contributed by atoms with Gasteiger partial charge in [-0.3, -0.25) is 9.59 Å². The molecule has 142 valence electrons. The van der Waals surface area contributed by atoms with Gasteiger partial charge in [0.15, 0.2) is 5.82 Å². The number of rotatable bonds is 7. The number of hydrogen-bond donors (Lipinski definition) is 1. The molecular formula is C20H24N4O3. The minimum atomic E-state index is -0.307. The number of nitrogens with one attached hydrogen (secondary N) is 1. The Hall–Kier alpha value is -2.96. The van der Waals surface area contributed by atoms with Crippen molar-refractivity contribution in [1.29, 1.82) is 0 Å². The molecule has 2 heterocycles. The second-order valence-corrected chi connectivity index (χ2v) is 6.51. The van der Waals surface area contributed by atoms with Crippen LogP contribution in [0.15, 0.2) is 41.7 Å². The van der Waals surface area contributed by atoms with Crippen molar-refractivity contribution in [2.24, 2.45) is 0 Å². The van der Waals surface area contributed by atoms with E-state index in [1.54, 1.807) is 30.3 Å². The van der Waals surface area contributed by atoms with Crippen LogP contribution in [0.2, 0.25) is 0 Å². The van der Waals surface area contributed by atoms with Gasteiger partial charge in [0.1, 0.15) is 18.1 Å². The molecule has 0 bridgehead atoms. The maximum atomic E-state index is 12.3. The number of likely N-dealkylation sites (tertiary alicyclic amines) is 1. The summed E-state index contributed by atoms with van der Waals surface area (Å²) in [5.74, 6) is 1.18. The van der Waals surface area contributed by atoms with E-state index >= 15 is 0 Å². The zero-order valence-corrected chi connectivity index (χ0v) is 15.3. The molecule has 0 unspecified atom stereocenters. The van der Waals surface area contributed by atoms with Crippen molar-refractivity contribution >= 4 is 5.91 Å². The van der Waals surface area contributed by atoms with Crippen molar-refractivity contribution in [1.82, 2.24) is 20.1 Å². The SMILES string of the molecule is C=CCOc1ccc(-c2nnc(CCC(=O)N3CCCCC3)c(=O)[nH]2)cc1. The lowest BCUT2D eigenvalue weighted by Crippen LogP contribution is -2.36. The van der Waals surface area contributed by atoms with Crippen LogP contribution in [0.3, 0.4) is 0 Å². The fourth-order valence-electron chi connectivity index (χ4n) is 3.04. The van der Waals surface area contributed by atoms with Gasteiger partial charge in [-0.05, 0) is 43.5 Å². The smallest absolute Gasteiger partial charge is 0.273 e. The molecule has 0 saturated carbocycles. The van der Waals surface area contributed by atoms with Gasteiger partial charge >= 0.3 is 0 Å². The van der Waals surface area contributed by atoms with Crippen molar-refractivity contribution in [2.75, 3.05) is 19.7 Å². The first-order chi connectivity index (χ1) is 13.2. The van der Waals surface area contributed by atoms with Crippen molar-refractivity contribution in [3.05, 3.63) is 53.0 Å². The van der Waals surface area contributed by atoms with Crippen LogP contribution in [0, 0.1) is 0 Å². The molecule has 1 amide bonds. The first-order valence-corrected chi connectivity index (χ1v) is 9.25. The second kappa shape index (κ2) is 9.12. The van der Waals surface area contributed by atoms with Gasteiger partial charge in [-0.25, -0.2) is 0 Å². The minimum absolute atomic E-state index is 0.0788. The van der Waals surface area contributed by atoms with Gasteiger partial charge in [0.05, 0.1) is 0 Å². The van der Waals surface area contributed by atoms with Crippen LogP contribution in [0.4, 0.5) is 0 Å². The fourth-order valence-corrected chi connectivity index (χ4v) is 3.04. The number of aromatic nitrogens is 3. The Morgan fingerprint density at radius 3 is 2.59 bits per heavy atom. The van der Waals surface area contributed by atoms with Gasteiger partial charge in [0, 0.05) is 31.5 Å². The molecule has 1 fully saturated rings. The number of aryl methyl sites for hydroxylation is 1. The average molecular weight is 368 g/mol.